The molecule has 2 fully saturated rings. The number of furan rings is 1. The number of likely N-dealkylation sites (tertiary alicyclic amines) is 1. The maximum Gasteiger partial charge on any atom is 0.325 e. The molecular formula is C25H30ClN3O4. The molecule has 2 aliphatic rings. The van der Waals surface area contributed by atoms with Gasteiger partial charge in [0.1, 0.15) is 11.3 Å². The quantitative estimate of drug-likeness (QED) is 0.578. The number of hydrogen-bond donors (Lipinski definition) is 1. The SMILES string of the molecule is CCC[C@]1(C2CCN(C(=O)CCc3ccccc3Cl)CC2)NC(=O)N(Cc2ccco2)C1=O. The van der Waals surface area contributed by atoms with Crippen LogP contribution in [-0.2, 0) is 22.6 Å². The summed E-state index contributed by atoms with van der Waals surface area (Å²) >= 11 is 6.21. The lowest BCUT2D eigenvalue weighted by Gasteiger charge is -2.41. The Balaban J connectivity index is 1.38. The molecule has 2 saturated heterocycles. The Bertz CT molecular complexity index is 1000. The average Bonchev–Trinajstić information content (AvgIpc) is 3.42. The Hall–Kier alpha value is -2.80. The topological polar surface area (TPSA) is 82.9 Å². The summed E-state index contributed by atoms with van der Waals surface area (Å²) in [4.78, 5) is 42.1. The molecule has 1 aromatic heterocycles. The summed E-state index contributed by atoms with van der Waals surface area (Å²) in [6.07, 6.45) is 5.26. The van der Waals surface area contributed by atoms with Crippen molar-refractivity contribution in [2.45, 2.75) is 57.5 Å². The number of rotatable bonds is 8. The number of nitrogens with one attached hydrogen (secondary N) is 1. The van der Waals surface area contributed by atoms with Crippen LogP contribution >= 0.6 is 11.6 Å². The first-order chi connectivity index (χ1) is 15.9. The summed E-state index contributed by atoms with van der Waals surface area (Å²) in [6.45, 7) is 3.31. The van der Waals surface area contributed by atoms with Gasteiger partial charge in [0.25, 0.3) is 5.91 Å². The zero-order valence-corrected chi connectivity index (χ0v) is 19.6. The maximum atomic E-state index is 13.5. The first-order valence-electron chi connectivity index (χ1n) is 11.6. The molecule has 1 N–H and O–H groups in total. The highest BCUT2D eigenvalue weighted by molar-refractivity contribution is 6.31. The lowest BCUT2D eigenvalue weighted by Crippen LogP contribution is -2.56. The van der Waals surface area contributed by atoms with E-state index in [9.17, 15) is 14.4 Å². The zero-order valence-electron chi connectivity index (χ0n) is 18.9. The van der Waals surface area contributed by atoms with Gasteiger partial charge in [0.2, 0.25) is 5.91 Å². The summed E-state index contributed by atoms with van der Waals surface area (Å²) in [7, 11) is 0. The van der Waals surface area contributed by atoms with E-state index in [0.29, 0.717) is 56.0 Å². The van der Waals surface area contributed by atoms with Crippen molar-refractivity contribution in [2.75, 3.05) is 13.1 Å². The number of imide groups is 1. The molecule has 4 rings (SSSR count). The average molecular weight is 472 g/mol. The molecule has 2 aliphatic heterocycles. The smallest absolute Gasteiger partial charge is 0.325 e. The Morgan fingerprint density at radius 1 is 1.18 bits per heavy atom. The van der Waals surface area contributed by atoms with E-state index in [0.717, 1.165) is 12.0 Å². The van der Waals surface area contributed by atoms with Gasteiger partial charge in [0.15, 0.2) is 0 Å². The van der Waals surface area contributed by atoms with Crippen LogP contribution in [0.25, 0.3) is 0 Å². The van der Waals surface area contributed by atoms with Crippen LogP contribution in [0, 0.1) is 5.92 Å². The van der Waals surface area contributed by atoms with E-state index >= 15 is 0 Å². The van der Waals surface area contributed by atoms with Crippen molar-refractivity contribution >= 4 is 29.4 Å². The van der Waals surface area contributed by atoms with Crippen LogP contribution < -0.4 is 5.32 Å². The van der Waals surface area contributed by atoms with Crippen molar-refractivity contribution in [3.8, 4) is 0 Å². The molecule has 0 bridgehead atoms. The molecular weight excluding hydrogens is 442 g/mol. The predicted molar refractivity (Wildman–Crippen MR) is 125 cm³/mol. The second kappa shape index (κ2) is 10.00. The van der Waals surface area contributed by atoms with E-state index < -0.39 is 5.54 Å². The van der Waals surface area contributed by atoms with Crippen LogP contribution in [0.1, 0.15) is 50.4 Å². The molecule has 2 aromatic rings. The van der Waals surface area contributed by atoms with Crippen molar-refractivity contribution in [2.24, 2.45) is 5.92 Å². The van der Waals surface area contributed by atoms with Gasteiger partial charge in [-0.05, 0) is 55.4 Å². The fourth-order valence-corrected chi connectivity index (χ4v) is 5.34. The van der Waals surface area contributed by atoms with Crippen LogP contribution in [0.3, 0.4) is 0 Å². The molecule has 0 radical (unpaired) electrons. The van der Waals surface area contributed by atoms with Gasteiger partial charge in [-0.25, -0.2) is 4.79 Å². The van der Waals surface area contributed by atoms with Crippen molar-refractivity contribution in [3.63, 3.8) is 0 Å². The van der Waals surface area contributed by atoms with E-state index in [2.05, 4.69) is 5.32 Å². The van der Waals surface area contributed by atoms with Crippen LogP contribution in [0.2, 0.25) is 5.02 Å². The number of hydrogen-bond acceptors (Lipinski definition) is 4. The number of urea groups is 1. The van der Waals surface area contributed by atoms with Crippen LogP contribution in [0.15, 0.2) is 47.1 Å². The first-order valence-corrected chi connectivity index (χ1v) is 12.0. The minimum atomic E-state index is -0.912. The molecule has 7 nitrogen and oxygen atoms in total. The number of nitrogens with zero attached hydrogens (tertiary/aromatic N) is 2. The standard InChI is InChI=1S/C25H30ClN3O4/c1-2-13-25(23(31)29(24(32)27-25)17-20-7-5-16-33-20)19-11-14-28(15-12-19)22(30)10-9-18-6-3-4-8-21(18)26/h3-8,16,19H,2,9-15,17H2,1H3,(H,27,32)/t25-/m1/s1. The van der Waals surface area contributed by atoms with Gasteiger partial charge in [-0.15, -0.1) is 0 Å². The van der Waals surface area contributed by atoms with Crippen LogP contribution in [0.5, 0.6) is 0 Å². The van der Waals surface area contributed by atoms with Crippen LogP contribution in [-0.4, -0.2) is 46.3 Å². The fraction of sp³-hybridized carbons (Fsp3) is 0.480. The molecule has 8 heteroatoms. The number of halogens is 1. The molecule has 0 spiro atoms. The summed E-state index contributed by atoms with van der Waals surface area (Å²) < 4.78 is 5.34. The summed E-state index contributed by atoms with van der Waals surface area (Å²) in [5.41, 5.74) is 0.0608. The first kappa shape index (κ1) is 23.4. The van der Waals surface area contributed by atoms with Gasteiger partial charge in [0, 0.05) is 24.5 Å². The lowest BCUT2D eigenvalue weighted by atomic mass is 9.74. The summed E-state index contributed by atoms with van der Waals surface area (Å²) in [6, 6.07) is 10.7. The Morgan fingerprint density at radius 3 is 2.61 bits per heavy atom. The number of aryl methyl sites for hydroxylation is 1. The second-order valence-corrected chi connectivity index (χ2v) is 9.28. The molecule has 4 amide bonds. The number of piperidine rings is 1. The highest BCUT2D eigenvalue weighted by atomic mass is 35.5. The third-order valence-electron chi connectivity index (χ3n) is 6.85. The Morgan fingerprint density at radius 2 is 1.94 bits per heavy atom. The van der Waals surface area contributed by atoms with Gasteiger partial charge in [0.05, 0.1) is 12.8 Å². The number of carbonyl (C=O) groups excluding carboxylic acids is 3. The van der Waals surface area contributed by atoms with E-state index in [-0.39, 0.29) is 30.3 Å². The third kappa shape index (κ3) is 4.78. The Kier molecular flexibility index (Phi) is 7.08. The van der Waals surface area contributed by atoms with E-state index in [1.54, 1.807) is 12.1 Å². The third-order valence-corrected chi connectivity index (χ3v) is 7.22. The maximum absolute atomic E-state index is 13.5. The predicted octanol–water partition coefficient (Wildman–Crippen LogP) is 4.40. The highest BCUT2D eigenvalue weighted by Gasteiger charge is 2.55. The summed E-state index contributed by atoms with van der Waals surface area (Å²) in [5, 5.41) is 3.71. The number of amides is 4. The van der Waals surface area contributed by atoms with E-state index in [1.165, 1.54) is 11.2 Å². The number of benzene rings is 1. The molecule has 3 heterocycles. The fourth-order valence-electron chi connectivity index (χ4n) is 5.11. The largest absolute Gasteiger partial charge is 0.467 e. The molecule has 0 saturated carbocycles. The molecule has 1 atom stereocenters. The zero-order chi connectivity index (χ0) is 23.4. The van der Waals surface area contributed by atoms with Gasteiger partial charge in [-0.1, -0.05) is 43.1 Å². The molecule has 176 valence electrons. The molecule has 0 unspecified atom stereocenters. The number of carbonyl (C=O) groups is 3. The monoisotopic (exact) mass is 471 g/mol. The minimum Gasteiger partial charge on any atom is -0.467 e. The van der Waals surface area contributed by atoms with Crippen LogP contribution in [0.4, 0.5) is 4.79 Å². The van der Waals surface area contributed by atoms with Gasteiger partial charge in [-0.2, -0.15) is 0 Å². The van der Waals surface area contributed by atoms with Gasteiger partial charge in [-0.3, -0.25) is 14.5 Å². The van der Waals surface area contributed by atoms with Crippen molar-refractivity contribution in [3.05, 3.63) is 59.0 Å². The van der Waals surface area contributed by atoms with Crippen molar-refractivity contribution in [1.29, 1.82) is 0 Å². The minimum absolute atomic E-state index is 0.0110. The molecule has 0 aliphatic carbocycles. The Labute approximate surface area is 199 Å². The second-order valence-electron chi connectivity index (χ2n) is 8.87. The lowest BCUT2D eigenvalue weighted by molar-refractivity contribution is -0.136. The van der Waals surface area contributed by atoms with Gasteiger partial charge >= 0.3 is 6.03 Å². The summed E-state index contributed by atoms with van der Waals surface area (Å²) in [5.74, 6) is 0.473. The van der Waals surface area contributed by atoms with E-state index in [4.69, 9.17) is 16.0 Å². The van der Waals surface area contributed by atoms with Crippen molar-refractivity contribution < 1.29 is 18.8 Å². The molecule has 33 heavy (non-hydrogen) atoms. The normalized spacial score (nSPS) is 21.5. The highest BCUT2D eigenvalue weighted by Crippen LogP contribution is 2.37. The van der Waals surface area contributed by atoms with Gasteiger partial charge < -0.3 is 14.6 Å². The van der Waals surface area contributed by atoms with E-state index in [1.807, 2.05) is 36.1 Å². The van der Waals surface area contributed by atoms with Crippen molar-refractivity contribution in [1.82, 2.24) is 15.1 Å². The molecule has 1 aromatic carbocycles.